The van der Waals surface area contributed by atoms with Gasteiger partial charge in [-0.1, -0.05) is 0 Å². The van der Waals surface area contributed by atoms with Gasteiger partial charge in [-0.15, -0.1) is 0 Å². The second kappa shape index (κ2) is 5.11. The summed E-state index contributed by atoms with van der Waals surface area (Å²) in [6.45, 7) is 0. The molecule has 94 valence electrons. The topological polar surface area (TPSA) is 101 Å². The van der Waals surface area contributed by atoms with Gasteiger partial charge in [0.15, 0.2) is 5.44 Å². The van der Waals surface area contributed by atoms with Crippen LogP contribution >= 0.6 is 0 Å². The van der Waals surface area contributed by atoms with Crippen molar-refractivity contribution in [2.24, 2.45) is 11.8 Å². The van der Waals surface area contributed by atoms with Crippen molar-refractivity contribution < 1.29 is 27.6 Å². The van der Waals surface area contributed by atoms with Crippen molar-refractivity contribution in [1.82, 2.24) is 0 Å². The van der Waals surface area contributed by atoms with Gasteiger partial charge in [-0.25, -0.2) is 0 Å². The van der Waals surface area contributed by atoms with Gasteiger partial charge in [-0.3, -0.25) is 9.35 Å². The smallest absolute Gasteiger partial charge is 0.308 e. The number of carbonyl (C=O) groups excluding carboxylic acids is 1. The summed E-state index contributed by atoms with van der Waals surface area (Å²) in [6, 6.07) is 0. The van der Waals surface area contributed by atoms with Gasteiger partial charge in [0.05, 0.1) is 13.0 Å². The Morgan fingerprint density at radius 3 is 2.19 bits per heavy atom. The number of aliphatic hydroxyl groups excluding tert-OH is 1. The molecule has 0 radical (unpaired) electrons. The summed E-state index contributed by atoms with van der Waals surface area (Å²) >= 11 is 0. The fraction of sp³-hybridized carbons (Fsp3) is 0.889. The van der Waals surface area contributed by atoms with Gasteiger partial charge in [-0.2, -0.15) is 8.42 Å². The lowest BCUT2D eigenvalue weighted by Gasteiger charge is -2.28. The van der Waals surface area contributed by atoms with Gasteiger partial charge in [0.2, 0.25) is 0 Å². The highest BCUT2D eigenvalue weighted by Crippen LogP contribution is 2.32. The monoisotopic (exact) mass is 252 g/mol. The molecule has 1 fully saturated rings. The van der Waals surface area contributed by atoms with Gasteiger partial charge < -0.3 is 9.84 Å². The lowest BCUT2D eigenvalue weighted by molar-refractivity contribution is -0.147. The van der Waals surface area contributed by atoms with Crippen LogP contribution in [0.2, 0.25) is 0 Å². The highest BCUT2D eigenvalue weighted by molar-refractivity contribution is 7.86. The average molecular weight is 252 g/mol. The van der Waals surface area contributed by atoms with Crippen LogP contribution in [0.5, 0.6) is 0 Å². The molecule has 7 heteroatoms. The quantitative estimate of drug-likeness (QED) is 0.548. The molecule has 0 amide bonds. The average Bonchev–Trinajstić information content (AvgIpc) is 2.26. The van der Waals surface area contributed by atoms with Crippen LogP contribution in [0.15, 0.2) is 0 Å². The Balaban J connectivity index is 2.52. The van der Waals surface area contributed by atoms with Crippen LogP contribution < -0.4 is 0 Å². The number of rotatable bonds is 3. The number of methoxy groups -OCH3 is 1. The Hall–Kier alpha value is -0.660. The first-order chi connectivity index (χ1) is 7.36. The molecule has 1 rings (SSSR count). The molecule has 0 aliphatic heterocycles. The third kappa shape index (κ3) is 3.16. The first kappa shape index (κ1) is 13.4. The maximum atomic E-state index is 11.2. The first-order valence-electron chi connectivity index (χ1n) is 5.08. The molecular formula is C9H16O6S. The van der Waals surface area contributed by atoms with E-state index in [1.807, 2.05) is 0 Å². The van der Waals surface area contributed by atoms with Crippen LogP contribution in [0, 0.1) is 11.8 Å². The SMILES string of the molecule is COC(=O)[C@H]1CC[C@H](C(O)S(=O)(=O)O)CC1. The highest BCUT2D eigenvalue weighted by Gasteiger charge is 2.35. The molecular weight excluding hydrogens is 236 g/mol. The minimum atomic E-state index is -4.41. The number of carbonyl (C=O) groups is 1. The summed E-state index contributed by atoms with van der Waals surface area (Å²) in [6.07, 6.45) is 1.73. The van der Waals surface area contributed by atoms with Crippen molar-refractivity contribution in [2.45, 2.75) is 31.1 Å². The summed E-state index contributed by atoms with van der Waals surface area (Å²) in [5.41, 5.74) is -1.74. The minimum absolute atomic E-state index is 0.227. The summed E-state index contributed by atoms with van der Waals surface area (Å²) in [5.74, 6) is -1.04. The van der Waals surface area contributed by atoms with E-state index in [-0.39, 0.29) is 11.9 Å². The predicted octanol–water partition coefficient (Wildman–Crippen LogP) is 0.172. The van der Waals surface area contributed by atoms with Crippen LogP contribution in [0.1, 0.15) is 25.7 Å². The van der Waals surface area contributed by atoms with Crippen LogP contribution in [0.3, 0.4) is 0 Å². The molecule has 0 aromatic carbocycles. The van der Waals surface area contributed by atoms with E-state index in [0.29, 0.717) is 25.7 Å². The molecule has 1 aliphatic carbocycles. The molecule has 0 aromatic heterocycles. The first-order valence-corrected chi connectivity index (χ1v) is 6.58. The number of hydrogen-bond donors (Lipinski definition) is 2. The maximum absolute atomic E-state index is 11.2. The fourth-order valence-electron chi connectivity index (χ4n) is 2.05. The van der Waals surface area contributed by atoms with Crippen LogP contribution in [-0.2, 0) is 19.6 Å². The lowest BCUT2D eigenvalue weighted by Crippen LogP contribution is -2.33. The van der Waals surface area contributed by atoms with Crippen molar-refractivity contribution in [2.75, 3.05) is 7.11 Å². The van der Waals surface area contributed by atoms with E-state index in [9.17, 15) is 18.3 Å². The summed E-state index contributed by atoms with van der Waals surface area (Å²) in [7, 11) is -3.10. The second-order valence-corrected chi connectivity index (χ2v) is 5.55. The maximum Gasteiger partial charge on any atom is 0.308 e. The highest BCUT2D eigenvalue weighted by atomic mass is 32.2. The van der Waals surface area contributed by atoms with E-state index >= 15 is 0 Å². The molecule has 0 saturated heterocycles. The summed E-state index contributed by atoms with van der Waals surface area (Å²) in [4.78, 5) is 11.2. The largest absolute Gasteiger partial charge is 0.469 e. The van der Waals surface area contributed by atoms with Crippen molar-refractivity contribution in [3.05, 3.63) is 0 Å². The molecule has 0 bridgehead atoms. The van der Waals surface area contributed by atoms with E-state index in [1.54, 1.807) is 0 Å². The standard InChI is InChI=1S/C9H16O6S/c1-15-8(10)6-2-4-7(5-3-6)9(11)16(12,13)14/h6-7,9,11H,2-5H2,1H3,(H,12,13,14)/t6-,7-,9?. The molecule has 1 aliphatic rings. The second-order valence-electron chi connectivity index (χ2n) is 4.04. The molecule has 6 nitrogen and oxygen atoms in total. The fourth-order valence-corrected chi connectivity index (χ4v) is 2.81. The lowest BCUT2D eigenvalue weighted by atomic mass is 9.82. The summed E-state index contributed by atoms with van der Waals surface area (Å²) < 4.78 is 34.7. The molecule has 1 atom stereocenters. The normalized spacial score (nSPS) is 28.4. The third-order valence-electron chi connectivity index (χ3n) is 3.01. The van der Waals surface area contributed by atoms with Crippen molar-refractivity contribution in [3.63, 3.8) is 0 Å². The number of aliphatic hydroxyl groups is 1. The number of ether oxygens (including phenoxy) is 1. The zero-order chi connectivity index (χ0) is 12.3. The van der Waals surface area contributed by atoms with Gasteiger partial charge in [0, 0.05) is 5.92 Å². The van der Waals surface area contributed by atoms with Crippen LogP contribution in [0.25, 0.3) is 0 Å². The van der Waals surface area contributed by atoms with Gasteiger partial charge in [-0.05, 0) is 25.7 Å². The number of hydrogen-bond acceptors (Lipinski definition) is 5. The minimum Gasteiger partial charge on any atom is -0.469 e. The van der Waals surface area contributed by atoms with Crippen molar-refractivity contribution in [1.29, 1.82) is 0 Å². The van der Waals surface area contributed by atoms with E-state index in [0.717, 1.165) is 0 Å². The molecule has 0 aromatic rings. The van der Waals surface area contributed by atoms with Crippen molar-refractivity contribution >= 4 is 16.1 Å². The predicted molar refractivity (Wildman–Crippen MR) is 55.0 cm³/mol. The van der Waals surface area contributed by atoms with Gasteiger partial charge in [0.1, 0.15) is 0 Å². The molecule has 0 spiro atoms. The van der Waals surface area contributed by atoms with Crippen LogP contribution in [0.4, 0.5) is 0 Å². The number of esters is 1. The summed E-state index contributed by atoms with van der Waals surface area (Å²) in [5, 5.41) is 9.34. The molecule has 1 unspecified atom stereocenters. The van der Waals surface area contributed by atoms with Crippen molar-refractivity contribution in [3.8, 4) is 0 Å². The Labute approximate surface area is 94.4 Å². The molecule has 16 heavy (non-hydrogen) atoms. The Bertz CT molecular complexity index is 341. The third-order valence-corrected chi connectivity index (χ3v) is 4.01. The van der Waals surface area contributed by atoms with E-state index < -0.39 is 21.5 Å². The molecule has 1 saturated carbocycles. The van der Waals surface area contributed by atoms with E-state index in [1.165, 1.54) is 7.11 Å². The van der Waals surface area contributed by atoms with Gasteiger partial charge >= 0.3 is 5.97 Å². The molecule has 2 N–H and O–H groups in total. The van der Waals surface area contributed by atoms with Gasteiger partial charge in [0.25, 0.3) is 10.1 Å². The Morgan fingerprint density at radius 1 is 1.31 bits per heavy atom. The van der Waals surface area contributed by atoms with E-state index in [4.69, 9.17) is 4.55 Å². The Morgan fingerprint density at radius 2 is 1.81 bits per heavy atom. The molecule has 0 heterocycles. The Kier molecular flexibility index (Phi) is 4.28. The zero-order valence-corrected chi connectivity index (χ0v) is 9.81. The van der Waals surface area contributed by atoms with Crippen LogP contribution in [-0.4, -0.2) is 36.6 Å². The zero-order valence-electron chi connectivity index (χ0n) is 9.00. The van der Waals surface area contributed by atoms with E-state index in [2.05, 4.69) is 4.74 Å².